The van der Waals surface area contributed by atoms with Gasteiger partial charge in [-0.05, 0) is 30.1 Å². The molecule has 0 radical (unpaired) electrons. The Labute approximate surface area is 81.0 Å². The Bertz CT molecular complexity index is 231. The molecule has 2 aliphatic carbocycles. The summed E-state index contributed by atoms with van der Waals surface area (Å²) in [6.45, 7) is 4.65. The van der Waals surface area contributed by atoms with Crippen LogP contribution in [0.4, 0.5) is 0 Å². The number of rotatable bonds is 0. The summed E-state index contributed by atoms with van der Waals surface area (Å²) in [7, 11) is 0. The fraction of sp³-hybridized carbons (Fsp3) is 0.538. The molecule has 0 spiro atoms. The van der Waals surface area contributed by atoms with E-state index >= 15 is 0 Å². The summed E-state index contributed by atoms with van der Waals surface area (Å²) in [6, 6.07) is 0. The predicted octanol–water partition coefficient (Wildman–Crippen LogP) is 3.58. The lowest BCUT2D eigenvalue weighted by Crippen LogP contribution is -2.11. The van der Waals surface area contributed by atoms with Gasteiger partial charge in [0.05, 0.1) is 0 Å². The summed E-state index contributed by atoms with van der Waals surface area (Å²) >= 11 is 0. The van der Waals surface area contributed by atoms with Crippen molar-refractivity contribution in [1.82, 2.24) is 0 Å². The highest BCUT2D eigenvalue weighted by Gasteiger charge is 2.24. The minimum atomic E-state index is 0.712. The first-order chi connectivity index (χ1) is 6.27. The Morgan fingerprint density at radius 1 is 0.769 bits per heavy atom. The SMILES string of the molecule is C[C@@H]1C=C[C@H](C)[C@H]2C=CC=C[C@@H]1C2. The Morgan fingerprint density at radius 3 is 1.69 bits per heavy atom. The van der Waals surface area contributed by atoms with Crippen LogP contribution in [0.5, 0.6) is 0 Å². The molecule has 2 bridgehead atoms. The largest absolute Gasteiger partial charge is 0.0848 e. The molecular formula is C13H18. The van der Waals surface area contributed by atoms with E-state index < -0.39 is 0 Å². The van der Waals surface area contributed by atoms with Crippen molar-refractivity contribution in [2.24, 2.45) is 23.7 Å². The molecule has 0 aliphatic heterocycles. The quantitative estimate of drug-likeness (QED) is 0.492. The van der Waals surface area contributed by atoms with Gasteiger partial charge in [0.1, 0.15) is 0 Å². The van der Waals surface area contributed by atoms with Crippen LogP contribution in [-0.2, 0) is 0 Å². The zero-order valence-electron chi connectivity index (χ0n) is 8.48. The van der Waals surface area contributed by atoms with Crippen molar-refractivity contribution in [3.05, 3.63) is 36.5 Å². The molecule has 0 aromatic heterocycles. The third kappa shape index (κ3) is 1.77. The van der Waals surface area contributed by atoms with E-state index in [4.69, 9.17) is 0 Å². The lowest BCUT2D eigenvalue weighted by atomic mass is 9.85. The van der Waals surface area contributed by atoms with Crippen LogP contribution in [0.1, 0.15) is 20.3 Å². The smallest absolute Gasteiger partial charge is 0.0164 e. The molecule has 0 fully saturated rings. The van der Waals surface area contributed by atoms with Crippen molar-refractivity contribution >= 4 is 0 Å². The zero-order chi connectivity index (χ0) is 9.26. The van der Waals surface area contributed by atoms with Gasteiger partial charge in [-0.3, -0.25) is 0 Å². The van der Waals surface area contributed by atoms with Gasteiger partial charge in [-0.2, -0.15) is 0 Å². The maximum atomic E-state index is 2.39. The van der Waals surface area contributed by atoms with Crippen LogP contribution in [0, 0.1) is 23.7 Å². The third-order valence-electron chi connectivity index (χ3n) is 3.44. The van der Waals surface area contributed by atoms with Gasteiger partial charge in [0.15, 0.2) is 0 Å². The van der Waals surface area contributed by atoms with Crippen molar-refractivity contribution in [2.45, 2.75) is 20.3 Å². The van der Waals surface area contributed by atoms with Crippen molar-refractivity contribution in [1.29, 1.82) is 0 Å². The molecule has 0 amide bonds. The molecule has 0 nitrogen and oxygen atoms in total. The molecule has 0 aromatic carbocycles. The summed E-state index contributed by atoms with van der Waals surface area (Å²) in [5.74, 6) is 2.93. The summed E-state index contributed by atoms with van der Waals surface area (Å²) in [6.07, 6.45) is 15.3. The second-order valence-corrected chi connectivity index (χ2v) is 4.44. The van der Waals surface area contributed by atoms with Gasteiger partial charge in [-0.1, -0.05) is 50.3 Å². The Hall–Kier alpha value is -0.780. The average molecular weight is 174 g/mol. The molecule has 0 heterocycles. The van der Waals surface area contributed by atoms with Crippen molar-refractivity contribution in [3.8, 4) is 0 Å². The minimum absolute atomic E-state index is 0.712. The third-order valence-corrected chi connectivity index (χ3v) is 3.44. The molecule has 4 atom stereocenters. The van der Waals surface area contributed by atoms with Gasteiger partial charge in [-0.25, -0.2) is 0 Å². The summed E-state index contributed by atoms with van der Waals surface area (Å²) < 4.78 is 0. The number of hydrogen-bond acceptors (Lipinski definition) is 0. The molecule has 0 heteroatoms. The van der Waals surface area contributed by atoms with Crippen molar-refractivity contribution in [2.75, 3.05) is 0 Å². The van der Waals surface area contributed by atoms with E-state index in [9.17, 15) is 0 Å². The Balaban J connectivity index is 2.28. The molecule has 0 N–H and O–H groups in total. The van der Waals surface area contributed by atoms with E-state index in [0.717, 1.165) is 11.8 Å². The highest BCUT2D eigenvalue weighted by molar-refractivity contribution is 5.16. The number of hydrogen-bond donors (Lipinski definition) is 0. The monoisotopic (exact) mass is 174 g/mol. The van der Waals surface area contributed by atoms with Crippen LogP contribution in [0.2, 0.25) is 0 Å². The second kappa shape index (κ2) is 3.53. The summed E-state index contributed by atoms with van der Waals surface area (Å²) in [5, 5.41) is 0. The van der Waals surface area contributed by atoms with E-state index in [0.29, 0.717) is 11.8 Å². The maximum Gasteiger partial charge on any atom is -0.0164 e. The second-order valence-electron chi connectivity index (χ2n) is 4.44. The normalized spacial score (nSPS) is 42.9. The first-order valence-electron chi connectivity index (χ1n) is 5.30. The lowest BCUT2D eigenvalue weighted by Gasteiger charge is -2.19. The molecule has 0 aromatic rings. The van der Waals surface area contributed by atoms with E-state index in [1.54, 1.807) is 0 Å². The van der Waals surface area contributed by atoms with Crippen molar-refractivity contribution in [3.63, 3.8) is 0 Å². The van der Waals surface area contributed by atoms with Crippen LogP contribution in [0.3, 0.4) is 0 Å². The van der Waals surface area contributed by atoms with Gasteiger partial charge in [-0.15, -0.1) is 0 Å². The predicted molar refractivity (Wildman–Crippen MR) is 57.3 cm³/mol. The zero-order valence-corrected chi connectivity index (χ0v) is 8.48. The Kier molecular flexibility index (Phi) is 2.39. The van der Waals surface area contributed by atoms with E-state index in [1.807, 2.05) is 0 Å². The number of allylic oxidation sites excluding steroid dienone is 6. The maximum absolute atomic E-state index is 2.39. The minimum Gasteiger partial charge on any atom is -0.0848 e. The van der Waals surface area contributed by atoms with Crippen LogP contribution in [0.15, 0.2) is 36.5 Å². The lowest BCUT2D eigenvalue weighted by molar-refractivity contribution is 0.391. The van der Waals surface area contributed by atoms with Gasteiger partial charge in [0, 0.05) is 0 Å². The van der Waals surface area contributed by atoms with E-state index in [1.165, 1.54) is 6.42 Å². The summed E-state index contributed by atoms with van der Waals surface area (Å²) in [5.41, 5.74) is 0. The standard InChI is InChI=1S/C13H18/c1-10-7-8-11(2)13-6-4-3-5-12(10)9-13/h3-8,10-13H,9H2,1-2H3/t10-,11+,12-,13+. The molecule has 2 aliphatic rings. The van der Waals surface area contributed by atoms with Crippen LogP contribution >= 0.6 is 0 Å². The first kappa shape index (κ1) is 8.80. The first-order valence-corrected chi connectivity index (χ1v) is 5.30. The highest BCUT2D eigenvalue weighted by atomic mass is 14.3. The molecule has 13 heavy (non-hydrogen) atoms. The fourth-order valence-electron chi connectivity index (χ4n) is 2.30. The van der Waals surface area contributed by atoms with Crippen LogP contribution < -0.4 is 0 Å². The van der Waals surface area contributed by atoms with Gasteiger partial charge >= 0.3 is 0 Å². The Morgan fingerprint density at radius 2 is 1.23 bits per heavy atom. The van der Waals surface area contributed by atoms with E-state index in [-0.39, 0.29) is 0 Å². The van der Waals surface area contributed by atoms with Crippen molar-refractivity contribution < 1.29 is 0 Å². The average Bonchev–Trinajstić information content (AvgIpc) is 2.43. The summed E-state index contributed by atoms with van der Waals surface area (Å²) in [4.78, 5) is 0. The van der Waals surface area contributed by atoms with Gasteiger partial charge < -0.3 is 0 Å². The molecule has 70 valence electrons. The molecule has 0 saturated carbocycles. The molecule has 0 unspecified atom stereocenters. The van der Waals surface area contributed by atoms with Gasteiger partial charge in [0.2, 0.25) is 0 Å². The highest BCUT2D eigenvalue weighted by Crippen LogP contribution is 2.34. The molecule has 0 saturated heterocycles. The topological polar surface area (TPSA) is 0 Å². The van der Waals surface area contributed by atoms with Gasteiger partial charge in [0.25, 0.3) is 0 Å². The molecular weight excluding hydrogens is 156 g/mol. The van der Waals surface area contributed by atoms with Crippen LogP contribution in [0.25, 0.3) is 0 Å². The van der Waals surface area contributed by atoms with E-state index in [2.05, 4.69) is 50.3 Å². The number of fused-ring (bicyclic) bond motifs is 2. The fourth-order valence-corrected chi connectivity index (χ4v) is 2.30. The molecule has 2 rings (SSSR count). The van der Waals surface area contributed by atoms with Crippen LogP contribution in [-0.4, -0.2) is 0 Å².